The zero-order valence-corrected chi connectivity index (χ0v) is 8.30. The first-order valence-corrected chi connectivity index (χ1v) is 5.17. The summed E-state index contributed by atoms with van der Waals surface area (Å²) in [4.78, 5) is 11.1. The summed E-state index contributed by atoms with van der Waals surface area (Å²) in [6.45, 7) is 0.475. The Bertz CT molecular complexity index is 317. The molecule has 0 bridgehead atoms. The summed E-state index contributed by atoms with van der Waals surface area (Å²) < 4.78 is 0. The van der Waals surface area contributed by atoms with Crippen LogP contribution in [0.15, 0.2) is 12.4 Å². The maximum Gasteiger partial charge on any atom is 0.230 e. The molecule has 14 heavy (non-hydrogen) atoms. The Morgan fingerprint density at radius 3 is 3.29 bits per heavy atom. The van der Waals surface area contributed by atoms with E-state index in [4.69, 9.17) is 5.26 Å². The number of H-pyrrole nitrogens is 1. The number of thioether (sulfide) groups is 1. The van der Waals surface area contributed by atoms with Crippen LogP contribution in [0.1, 0.15) is 5.56 Å². The Morgan fingerprint density at radius 1 is 1.79 bits per heavy atom. The number of nitriles is 1. The van der Waals surface area contributed by atoms with E-state index < -0.39 is 0 Å². The fourth-order valence-corrected chi connectivity index (χ4v) is 1.30. The molecule has 0 radical (unpaired) electrons. The Hall–Kier alpha value is -1.48. The minimum Gasteiger partial charge on any atom is -0.351 e. The molecule has 74 valence electrons. The smallest absolute Gasteiger partial charge is 0.230 e. The molecule has 0 aliphatic carbocycles. The van der Waals surface area contributed by atoms with Gasteiger partial charge in [0.25, 0.3) is 0 Å². The summed E-state index contributed by atoms with van der Waals surface area (Å²) in [5.41, 5.74) is 0.934. The summed E-state index contributed by atoms with van der Waals surface area (Å²) >= 11 is 1.30. The number of amides is 1. The van der Waals surface area contributed by atoms with Crippen molar-refractivity contribution in [3.63, 3.8) is 0 Å². The Morgan fingerprint density at radius 2 is 2.64 bits per heavy atom. The number of hydrogen-bond donors (Lipinski definition) is 2. The van der Waals surface area contributed by atoms with Gasteiger partial charge in [0.1, 0.15) is 0 Å². The van der Waals surface area contributed by atoms with Crippen molar-refractivity contribution in [1.29, 1.82) is 5.26 Å². The summed E-state index contributed by atoms with van der Waals surface area (Å²) in [6, 6.07) is 1.96. The third-order valence-electron chi connectivity index (χ3n) is 1.44. The van der Waals surface area contributed by atoms with Crippen LogP contribution in [0.25, 0.3) is 0 Å². The molecule has 1 aromatic rings. The number of hydrogen-bond acceptors (Lipinski definition) is 4. The molecule has 1 rings (SSSR count). The average Bonchev–Trinajstić information content (AvgIpc) is 2.68. The van der Waals surface area contributed by atoms with Gasteiger partial charge in [-0.25, -0.2) is 0 Å². The predicted molar refractivity (Wildman–Crippen MR) is 53.4 cm³/mol. The molecular weight excluding hydrogens is 200 g/mol. The zero-order valence-electron chi connectivity index (χ0n) is 7.49. The van der Waals surface area contributed by atoms with Crippen LogP contribution in [0.3, 0.4) is 0 Å². The van der Waals surface area contributed by atoms with E-state index in [0.717, 1.165) is 5.56 Å². The van der Waals surface area contributed by atoms with E-state index >= 15 is 0 Å². The first-order valence-electron chi connectivity index (χ1n) is 4.02. The van der Waals surface area contributed by atoms with Crippen molar-refractivity contribution >= 4 is 17.7 Å². The second kappa shape index (κ2) is 6.05. The lowest BCUT2D eigenvalue weighted by Gasteiger charge is -2.01. The second-order valence-corrected chi connectivity index (χ2v) is 3.52. The van der Waals surface area contributed by atoms with Crippen LogP contribution in [0, 0.1) is 11.3 Å². The van der Waals surface area contributed by atoms with Gasteiger partial charge in [0, 0.05) is 18.3 Å². The average molecular weight is 210 g/mol. The van der Waals surface area contributed by atoms with Crippen molar-refractivity contribution in [2.24, 2.45) is 0 Å². The molecule has 6 heteroatoms. The fraction of sp³-hybridized carbons (Fsp3) is 0.375. The minimum absolute atomic E-state index is 0.0635. The SMILES string of the molecule is N#CCSCC(=O)NCc1cn[nH]c1. The van der Waals surface area contributed by atoms with Gasteiger partial charge in [-0.05, 0) is 0 Å². The third kappa shape index (κ3) is 3.96. The molecule has 0 unspecified atom stereocenters. The van der Waals surface area contributed by atoms with Gasteiger partial charge in [0.15, 0.2) is 0 Å². The van der Waals surface area contributed by atoms with Crippen LogP contribution in [0.5, 0.6) is 0 Å². The fourth-order valence-electron chi connectivity index (χ4n) is 0.815. The van der Waals surface area contributed by atoms with Crippen molar-refractivity contribution < 1.29 is 4.79 Å². The van der Waals surface area contributed by atoms with E-state index in [1.54, 1.807) is 12.4 Å². The molecule has 0 fully saturated rings. The van der Waals surface area contributed by atoms with Crippen molar-refractivity contribution in [3.8, 4) is 6.07 Å². The number of carbonyl (C=O) groups is 1. The van der Waals surface area contributed by atoms with Crippen molar-refractivity contribution in [2.45, 2.75) is 6.54 Å². The molecular formula is C8H10N4OS. The summed E-state index contributed by atoms with van der Waals surface area (Å²) in [7, 11) is 0. The number of aromatic amines is 1. The van der Waals surface area contributed by atoms with Crippen molar-refractivity contribution in [1.82, 2.24) is 15.5 Å². The summed E-state index contributed by atoms with van der Waals surface area (Å²) in [6.07, 6.45) is 3.38. The molecule has 0 saturated heterocycles. The van der Waals surface area contributed by atoms with E-state index in [1.807, 2.05) is 6.07 Å². The molecule has 0 spiro atoms. The van der Waals surface area contributed by atoms with Gasteiger partial charge in [-0.2, -0.15) is 10.4 Å². The van der Waals surface area contributed by atoms with Crippen LogP contribution in [0.4, 0.5) is 0 Å². The second-order valence-electron chi connectivity index (χ2n) is 2.53. The quantitative estimate of drug-likeness (QED) is 0.684. The highest BCUT2D eigenvalue weighted by Gasteiger charge is 2.01. The van der Waals surface area contributed by atoms with E-state index in [1.165, 1.54) is 11.8 Å². The van der Waals surface area contributed by atoms with E-state index in [9.17, 15) is 4.79 Å². The number of carbonyl (C=O) groups excluding carboxylic acids is 1. The molecule has 1 amide bonds. The molecule has 1 aromatic heterocycles. The Kier molecular flexibility index (Phi) is 4.58. The predicted octanol–water partition coefficient (Wildman–Crippen LogP) is 0.283. The Balaban J connectivity index is 2.13. The van der Waals surface area contributed by atoms with Crippen LogP contribution >= 0.6 is 11.8 Å². The largest absolute Gasteiger partial charge is 0.351 e. The van der Waals surface area contributed by atoms with Gasteiger partial charge in [0.2, 0.25) is 5.91 Å². The van der Waals surface area contributed by atoms with Crippen LogP contribution in [-0.2, 0) is 11.3 Å². The van der Waals surface area contributed by atoms with Crippen molar-refractivity contribution in [2.75, 3.05) is 11.5 Å². The van der Waals surface area contributed by atoms with Crippen LogP contribution < -0.4 is 5.32 Å². The minimum atomic E-state index is -0.0635. The molecule has 0 aliphatic heterocycles. The first-order chi connectivity index (χ1) is 6.83. The molecule has 1 heterocycles. The number of rotatable bonds is 5. The number of nitrogens with one attached hydrogen (secondary N) is 2. The summed E-state index contributed by atoms with van der Waals surface area (Å²) in [5, 5.41) is 17.4. The lowest BCUT2D eigenvalue weighted by atomic mass is 10.3. The highest BCUT2D eigenvalue weighted by Crippen LogP contribution is 1.98. The van der Waals surface area contributed by atoms with Crippen molar-refractivity contribution in [3.05, 3.63) is 18.0 Å². The van der Waals surface area contributed by atoms with E-state index in [-0.39, 0.29) is 5.91 Å². The number of aromatic nitrogens is 2. The van der Waals surface area contributed by atoms with Gasteiger partial charge in [-0.3, -0.25) is 9.89 Å². The standard InChI is InChI=1S/C8H10N4OS/c9-1-2-14-6-8(13)10-3-7-4-11-12-5-7/h4-5H,2-3,6H2,(H,10,13)(H,11,12). The highest BCUT2D eigenvalue weighted by atomic mass is 32.2. The topological polar surface area (TPSA) is 81.6 Å². The lowest BCUT2D eigenvalue weighted by Crippen LogP contribution is -2.24. The molecule has 0 atom stereocenters. The van der Waals surface area contributed by atoms with Gasteiger partial charge in [-0.15, -0.1) is 11.8 Å². The van der Waals surface area contributed by atoms with Gasteiger partial charge < -0.3 is 5.32 Å². The zero-order chi connectivity index (χ0) is 10.2. The van der Waals surface area contributed by atoms with Gasteiger partial charge >= 0.3 is 0 Å². The van der Waals surface area contributed by atoms with E-state index in [2.05, 4.69) is 15.5 Å². The Labute approximate surface area is 85.9 Å². The molecule has 0 aliphatic rings. The maximum absolute atomic E-state index is 11.1. The van der Waals surface area contributed by atoms with Crippen LogP contribution in [-0.4, -0.2) is 27.6 Å². The highest BCUT2D eigenvalue weighted by molar-refractivity contribution is 8.00. The lowest BCUT2D eigenvalue weighted by molar-refractivity contribution is -0.118. The van der Waals surface area contributed by atoms with E-state index in [0.29, 0.717) is 18.1 Å². The monoisotopic (exact) mass is 210 g/mol. The molecule has 0 saturated carbocycles. The van der Waals surface area contributed by atoms with Gasteiger partial charge in [0.05, 0.1) is 23.8 Å². The third-order valence-corrected chi connectivity index (χ3v) is 2.24. The van der Waals surface area contributed by atoms with Crippen LogP contribution in [0.2, 0.25) is 0 Å². The summed E-state index contributed by atoms with van der Waals surface area (Å²) in [5.74, 6) is 0.608. The van der Waals surface area contributed by atoms with Gasteiger partial charge in [-0.1, -0.05) is 0 Å². The normalized spacial score (nSPS) is 9.36. The molecule has 5 nitrogen and oxygen atoms in total. The maximum atomic E-state index is 11.1. The molecule has 2 N–H and O–H groups in total. The molecule has 0 aromatic carbocycles. The number of nitrogens with zero attached hydrogens (tertiary/aromatic N) is 2. The first kappa shape index (κ1) is 10.6.